The van der Waals surface area contributed by atoms with Crippen molar-refractivity contribution in [3.05, 3.63) is 0 Å². The van der Waals surface area contributed by atoms with Crippen molar-refractivity contribution < 1.29 is 25.0 Å². The van der Waals surface area contributed by atoms with E-state index in [0.29, 0.717) is 0 Å². The second-order valence-electron chi connectivity index (χ2n) is 6.33. The zero-order valence-electron chi connectivity index (χ0n) is 16.6. The quantitative estimate of drug-likeness (QED) is 0.255. The van der Waals surface area contributed by atoms with Gasteiger partial charge >= 0.3 is 35.0 Å². The van der Waals surface area contributed by atoms with E-state index in [9.17, 15) is 0 Å². The Kier molecular flexibility index (Phi) is 26.3. The van der Waals surface area contributed by atoms with Gasteiger partial charge in [-0.05, 0) is 69.2 Å². The summed E-state index contributed by atoms with van der Waals surface area (Å²) in [6, 6.07) is 0. The minimum absolute atomic E-state index is 0.106. The second-order valence-corrected chi connectivity index (χ2v) is 15.5. The van der Waals surface area contributed by atoms with Crippen LogP contribution >= 0.6 is 35.4 Å². The summed E-state index contributed by atoms with van der Waals surface area (Å²) in [5.74, 6) is 0. The van der Waals surface area contributed by atoms with Crippen LogP contribution in [0.4, 0.5) is 0 Å². The molecule has 0 bridgehead atoms. The molecule has 0 atom stereocenters. The molecule has 0 aromatic rings. The van der Waals surface area contributed by atoms with Gasteiger partial charge in [-0.25, -0.2) is 9.05 Å². The molecule has 0 unspecified atom stereocenters. The molecule has 2 nitrogen and oxygen atoms in total. The first-order valence-corrected chi connectivity index (χ1v) is 15.5. The van der Waals surface area contributed by atoms with Gasteiger partial charge in [-0.2, -0.15) is 0 Å². The van der Waals surface area contributed by atoms with Gasteiger partial charge in [-0.1, -0.05) is 0 Å². The van der Waals surface area contributed by atoms with Crippen molar-refractivity contribution in [3.63, 3.8) is 0 Å². The van der Waals surface area contributed by atoms with Gasteiger partial charge in [0, 0.05) is 0 Å². The van der Waals surface area contributed by atoms with E-state index in [4.69, 9.17) is 28.1 Å². The van der Waals surface area contributed by atoms with E-state index >= 15 is 0 Å². The molecule has 0 aromatic heterocycles. The van der Waals surface area contributed by atoms with Crippen LogP contribution in [0.15, 0.2) is 0 Å². The zero-order valence-corrected chi connectivity index (χ0v) is 21.7. The molecule has 0 saturated carbocycles. The topological polar surface area (TPSA) is 18.5 Å². The SMILES string of the molecule is CCO[PH+](C(C)C)C(C)C.CCO[PH+](C(C)C)C(C)C.[Cl][Pd][Cl]. The molecule has 0 heterocycles. The molecular formula is C16H40Cl2O2P2Pd+2. The van der Waals surface area contributed by atoms with Crippen molar-refractivity contribution in [2.24, 2.45) is 0 Å². The Hall–Kier alpha value is 2.02. The number of rotatable bonds is 8. The summed E-state index contributed by atoms with van der Waals surface area (Å²) in [6.07, 6.45) is 0. The Labute approximate surface area is 164 Å². The first-order valence-electron chi connectivity index (χ1n) is 8.41. The molecule has 7 heteroatoms. The van der Waals surface area contributed by atoms with Crippen LogP contribution in [0.25, 0.3) is 0 Å². The zero-order chi connectivity index (χ0) is 19.0. The molecule has 0 rings (SSSR count). The molecule has 0 spiro atoms. The third kappa shape index (κ3) is 20.2. The maximum atomic E-state index is 5.67. The fraction of sp³-hybridized carbons (Fsp3) is 1.00. The van der Waals surface area contributed by atoms with E-state index in [2.05, 4.69) is 69.2 Å². The summed E-state index contributed by atoms with van der Waals surface area (Å²) in [4.78, 5) is 0. The van der Waals surface area contributed by atoms with Gasteiger partial charge in [0.05, 0.1) is 35.8 Å². The van der Waals surface area contributed by atoms with Gasteiger partial charge < -0.3 is 0 Å². The average molecular weight is 504 g/mol. The Bertz CT molecular complexity index is 196. The molecule has 0 aliphatic rings. The number of halogens is 2. The summed E-state index contributed by atoms with van der Waals surface area (Å²) < 4.78 is 11.3. The van der Waals surface area contributed by atoms with Gasteiger partial charge in [-0.15, -0.1) is 0 Å². The predicted molar refractivity (Wildman–Crippen MR) is 112 cm³/mol. The molecule has 0 fully saturated rings. The maximum absolute atomic E-state index is 5.67. The van der Waals surface area contributed by atoms with E-state index in [1.165, 1.54) is 0 Å². The fourth-order valence-corrected chi connectivity index (χ4v) is 7.00. The van der Waals surface area contributed by atoms with E-state index in [0.717, 1.165) is 35.8 Å². The van der Waals surface area contributed by atoms with Gasteiger partial charge in [0.1, 0.15) is 16.3 Å². The van der Waals surface area contributed by atoms with Gasteiger partial charge in [0.25, 0.3) is 0 Å². The van der Waals surface area contributed by atoms with Gasteiger partial charge in [0.2, 0.25) is 0 Å². The van der Waals surface area contributed by atoms with E-state index < -0.39 is 16.3 Å². The molecule has 0 saturated heterocycles. The summed E-state index contributed by atoms with van der Waals surface area (Å²) in [5.41, 5.74) is 2.96. The van der Waals surface area contributed by atoms with E-state index in [1.807, 2.05) is 0 Å². The molecule has 23 heavy (non-hydrogen) atoms. The molecule has 0 amide bonds. The Balaban J connectivity index is -0.000000297. The Morgan fingerprint density at radius 2 is 0.826 bits per heavy atom. The second kappa shape index (κ2) is 20.3. The molecule has 0 radical (unpaired) electrons. The van der Waals surface area contributed by atoms with Crippen molar-refractivity contribution in [2.75, 3.05) is 13.2 Å². The molecule has 0 aliphatic carbocycles. The summed E-state index contributed by atoms with van der Waals surface area (Å²) in [5, 5.41) is 0. The summed E-state index contributed by atoms with van der Waals surface area (Å²) >= 11 is -0.106. The third-order valence-corrected chi connectivity index (χ3v) is 8.69. The standard InChI is InChI=1S/2C8H19OP.2ClH.Pd/c2*1-6-9-10(7(2)3)8(4)5;;;/h2*7-8H,6H2,1-5H3;2*1H;/q;;;;+2. The van der Waals surface area contributed by atoms with Crippen LogP contribution < -0.4 is 0 Å². The van der Waals surface area contributed by atoms with Crippen molar-refractivity contribution in [1.29, 1.82) is 0 Å². The van der Waals surface area contributed by atoms with Crippen LogP contribution in [0.5, 0.6) is 0 Å². The Morgan fingerprint density at radius 1 is 0.652 bits per heavy atom. The molecule has 148 valence electrons. The fourth-order valence-electron chi connectivity index (χ4n) is 2.33. The minimum atomic E-state index is -0.530. The van der Waals surface area contributed by atoms with Crippen molar-refractivity contribution in [3.8, 4) is 0 Å². The van der Waals surface area contributed by atoms with Crippen molar-refractivity contribution in [1.82, 2.24) is 0 Å². The van der Waals surface area contributed by atoms with Crippen LogP contribution in [0, 0.1) is 0 Å². The average Bonchev–Trinajstić information content (AvgIpc) is 2.42. The summed E-state index contributed by atoms with van der Waals surface area (Å²) in [6.45, 7) is 23.9. The summed E-state index contributed by atoms with van der Waals surface area (Å²) in [7, 11) is 8.57. The van der Waals surface area contributed by atoms with E-state index in [-0.39, 0.29) is 15.9 Å². The molecule has 0 N–H and O–H groups in total. The van der Waals surface area contributed by atoms with Crippen LogP contribution in [0.3, 0.4) is 0 Å². The number of hydrogen-bond acceptors (Lipinski definition) is 2. The van der Waals surface area contributed by atoms with Gasteiger partial charge in [-0.3, -0.25) is 0 Å². The third-order valence-electron chi connectivity index (χ3n) is 2.90. The van der Waals surface area contributed by atoms with Crippen molar-refractivity contribution in [2.45, 2.75) is 91.9 Å². The predicted octanol–water partition coefficient (Wildman–Crippen LogP) is 7.31. The number of hydrogen-bond donors (Lipinski definition) is 0. The van der Waals surface area contributed by atoms with Crippen LogP contribution in [0.1, 0.15) is 69.2 Å². The first-order chi connectivity index (χ1) is 10.6. The van der Waals surface area contributed by atoms with Crippen LogP contribution in [0.2, 0.25) is 0 Å². The van der Waals surface area contributed by atoms with E-state index in [1.54, 1.807) is 0 Å². The molecule has 0 aliphatic heterocycles. The van der Waals surface area contributed by atoms with Crippen molar-refractivity contribution >= 4 is 35.4 Å². The Morgan fingerprint density at radius 3 is 0.870 bits per heavy atom. The first kappa shape index (κ1) is 29.8. The monoisotopic (exact) mass is 502 g/mol. The van der Waals surface area contributed by atoms with Gasteiger partial charge in [0.15, 0.2) is 0 Å². The van der Waals surface area contributed by atoms with Crippen LogP contribution in [-0.2, 0) is 25.0 Å². The van der Waals surface area contributed by atoms with Crippen LogP contribution in [-0.4, -0.2) is 35.8 Å². The molecule has 0 aromatic carbocycles. The molecular weight excluding hydrogens is 463 g/mol. The normalized spacial score (nSPS) is 11.4.